The lowest BCUT2D eigenvalue weighted by molar-refractivity contribution is 0.462. The van der Waals surface area contributed by atoms with Crippen molar-refractivity contribution in [2.24, 2.45) is 5.92 Å². The van der Waals surface area contributed by atoms with Gasteiger partial charge in [-0.2, -0.15) is 0 Å². The summed E-state index contributed by atoms with van der Waals surface area (Å²) in [5.41, 5.74) is 6.24. The SMILES string of the molecule is CC(=C1CC(C)C1)c1ccc(-c2cc3cc(F)cc(F)c3[nH]2)cc1. The van der Waals surface area contributed by atoms with E-state index in [-0.39, 0.29) is 0 Å². The van der Waals surface area contributed by atoms with E-state index in [1.54, 1.807) is 11.6 Å². The van der Waals surface area contributed by atoms with Crippen LogP contribution in [0.1, 0.15) is 32.3 Å². The van der Waals surface area contributed by atoms with Crippen LogP contribution in [0.5, 0.6) is 0 Å². The van der Waals surface area contributed by atoms with E-state index in [0.29, 0.717) is 10.9 Å². The Morgan fingerprint density at radius 1 is 1.04 bits per heavy atom. The minimum atomic E-state index is -0.562. The maximum absolute atomic E-state index is 13.8. The minimum absolute atomic E-state index is 0.345. The van der Waals surface area contributed by atoms with Gasteiger partial charge < -0.3 is 4.98 Å². The van der Waals surface area contributed by atoms with Gasteiger partial charge in [-0.15, -0.1) is 0 Å². The van der Waals surface area contributed by atoms with Gasteiger partial charge in [0.15, 0.2) is 0 Å². The Kier molecular flexibility index (Phi) is 3.52. The lowest BCUT2D eigenvalue weighted by atomic mass is 9.78. The molecule has 0 radical (unpaired) electrons. The van der Waals surface area contributed by atoms with Crippen molar-refractivity contribution in [3.05, 3.63) is 65.2 Å². The molecule has 0 spiro atoms. The molecule has 0 atom stereocenters. The van der Waals surface area contributed by atoms with Gasteiger partial charge in [0, 0.05) is 17.1 Å². The summed E-state index contributed by atoms with van der Waals surface area (Å²) in [6.45, 7) is 4.45. The van der Waals surface area contributed by atoms with Crippen LogP contribution in [0.15, 0.2) is 48.0 Å². The maximum atomic E-state index is 13.8. The van der Waals surface area contributed by atoms with Crippen molar-refractivity contribution in [1.29, 1.82) is 0 Å². The average Bonchev–Trinajstić information content (AvgIpc) is 2.95. The fourth-order valence-electron chi connectivity index (χ4n) is 3.51. The zero-order valence-corrected chi connectivity index (χ0v) is 13.8. The van der Waals surface area contributed by atoms with Crippen molar-refractivity contribution in [2.75, 3.05) is 0 Å². The Hall–Kier alpha value is -2.42. The molecular weight excluding hydrogens is 304 g/mol. The normalized spacial score (nSPS) is 17.2. The number of fused-ring (bicyclic) bond motifs is 1. The summed E-state index contributed by atoms with van der Waals surface area (Å²) in [4.78, 5) is 3.05. The summed E-state index contributed by atoms with van der Waals surface area (Å²) in [5.74, 6) is -0.318. The van der Waals surface area contributed by atoms with Crippen LogP contribution < -0.4 is 0 Å². The van der Waals surface area contributed by atoms with Gasteiger partial charge in [0.2, 0.25) is 0 Å². The highest BCUT2D eigenvalue weighted by Crippen LogP contribution is 2.38. The van der Waals surface area contributed by atoms with Crippen LogP contribution in [0.4, 0.5) is 8.78 Å². The molecule has 0 aliphatic heterocycles. The number of aromatic nitrogens is 1. The maximum Gasteiger partial charge on any atom is 0.150 e. The predicted octanol–water partition coefficient (Wildman–Crippen LogP) is 6.32. The topological polar surface area (TPSA) is 15.8 Å². The molecule has 1 aromatic heterocycles. The first-order valence-corrected chi connectivity index (χ1v) is 8.28. The fourth-order valence-corrected chi connectivity index (χ4v) is 3.51. The number of hydrogen-bond acceptors (Lipinski definition) is 0. The summed E-state index contributed by atoms with van der Waals surface area (Å²) in [6, 6.07) is 12.3. The second-order valence-electron chi connectivity index (χ2n) is 6.85. The highest BCUT2D eigenvalue weighted by atomic mass is 19.1. The molecule has 24 heavy (non-hydrogen) atoms. The molecule has 1 heterocycles. The molecule has 0 saturated heterocycles. The van der Waals surface area contributed by atoms with E-state index in [4.69, 9.17) is 0 Å². The number of hydrogen-bond donors (Lipinski definition) is 1. The van der Waals surface area contributed by atoms with Gasteiger partial charge >= 0.3 is 0 Å². The van der Waals surface area contributed by atoms with Crippen LogP contribution in [-0.2, 0) is 0 Å². The molecule has 0 amide bonds. The second-order valence-corrected chi connectivity index (χ2v) is 6.85. The fraction of sp³-hybridized carbons (Fsp3) is 0.238. The molecule has 3 aromatic rings. The van der Waals surface area contributed by atoms with Crippen LogP contribution in [0.3, 0.4) is 0 Å². The average molecular weight is 323 g/mol. The lowest BCUT2D eigenvalue weighted by Gasteiger charge is -2.28. The molecule has 1 fully saturated rings. The number of benzene rings is 2. The Balaban J connectivity index is 1.68. The molecule has 1 nitrogen and oxygen atoms in total. The van der Waals surface area contributed by atoms with Crippen molar-refractivity contribution < 1.29 is 8.78 Å². The minimum Gasteiger partial charge on any atom is -0.352 e. The van der Waals surface area contributed by atoms with Crippen molar-refractivity contribution in [3.8, 4) is 11.3 Å². The summed E-state index contributed by atoms with van der Waals surface area (Å²) >= 11 is 0. The summed E-state index contributed by atoms with van der Waals surface area (Å²) in [6.07, 6.45) is 2.39. The Morgan fingerprint density at radius 2 is 1.75 bits per heavy atom. The number of aromatic amines is 1. The summed E-state index contributed by atoms with van der Waals surface area (Å²) < 4.78 is 27.2. The van der Waals surface area contributed by atoms with Crippen LogP contribution in [0, 0.1) is 17.6 Å². The van der Waals surface area contributed by atoms with Crippen LogP contribution in [-0.4, -0.2) is 4.98 Å². The van der Waals surface area contributed by atoms with Gasteiger partial charge in [0.1, 0.15) is 11.6 Å². The number of allylic oxidation sites excluding steroid dienone is 2. The molecule has 1 aliphatic carbocycles. The third-order valence-electron chi connectivity index (χ3n) is 4.99. The van der Waals surface area contributed by atoms with Gasteiger partial charge in [-0.05, 0) is 54.5 Å². The number of halogens is 2. The Labute approximate surface area is 140 Å². The first-order chi connectivity index (χ1) is 11.5. The van der Waals surface area contributed by atoms with Crippen LogP contribution in [0.25, 0.3) is 27.7 Å². The van der Waals surface area contributed by atoms with Crippen LogP contribution >= 0.6 is 0 Å². The molecule has 2 aromatic carbocycles. The molecule has 0 bridgehead atoms. The molecule has 3 heteroatoms. The van der Waals surface area contributed by atoms with Crippen molar-refractivity contribution in [1.82, 2.24) is 4.98 Å². The Morgan fingerprint density at radius 3 is 2.42 bits per heavy atom. The predicted molar refractivity (Wildman–Crippen MR) is 94.6 cm³/mol. The van der Waals surface area contributed by atoms with E-state index < -0.39 is 11.6 Å². The van der Waals surface area contributed by atoms with Crippen molar-refractivity contribution >= 4 is 16.5 Å². The first-order valence-electron chi connectivity index (χ1n) is 8.28. The van der Waals surface area contributed by atoms with E-state index in [1.165, 1.54) is 30.0 Å². The molecule has 1 N–H and O–H groups in total. The highest BCUT2D eigenvalue weighted by molar-refractivity contribution is 5.86. The standard InChI is InChI=1S/C21H19F2N/c1-12-7-16(8-12)13(2)14-3-5-15(6-4-14)20-10-17-9-18(22)11-19(23)21(17)24-20/h3-6,9-12,24H,7-8H2,1-2H3. The second kappa shape index (κ2) is 5.59. The number of nitrogens with one attached hydrogen (secondary N) is 1. The molecule has 0 unspecified atom stereocenters. The monoisotopic (exact) mass is 323 g/mol. The zero-order valence-electron chi connectivity index (χ0n) is 13.8. The van der Waals surface area contributed by atoms with E-state index in [2.05, 4.69) is 31.0 Å². The zero-order chi connectivity index (χ0) is 16.8. The summed E-state index contributed by atoms with van der Waals surface area (Å²) in [7, 11) is 0. The van der Waals surface area contributed by atoms with Gasteiger partial charge in [-0.25, -0.2) is 8.78 Å². The molecule has 4 rings (SSSR count). The summed E-state index contributed by atoms with van der Waals surface area (Å²) in [5, 5.41) is 0.549. The lowest BCUT2D eigenvalue weighted by Crippen LogP contribution is -2.11. The van der Waals surface area contributed by atoms with Crippen molar-refractivity contribution in [3.63, 3.8) is 0 Å². The van der Waals surface area contributed by atoms with Crippen LogP contribution in [0.2, 0.25) is 0 Å². The van der Waals surface area contributed by atoms with Gasteiger partial charge in [-0.3, -0.25) is 0 Å². The van der Waals surface area contributed by atoms with Crippen molar-refractivity contribution in [2.45, 2.75) is 26.7 Å². The Bertz CT molecular complexity index is 940. The van der Waals surface area contributed by atoms with Gasteiger partial charge in [-0.1, -0.05) is 36.8 Å². The van der Waals surface area contributed by atoms with E-state index in [9.17, 15) is 8.78 Å². The highest BCUT2D eigenvalue weighted by Gasteiger charge is 2.20. The largest absolute Gasteiger partial charge is 0.352 e. The molecule has 1 aliphatic rings. The number of rotatable bonds is 2. The third-order valence-corrected chi connectivity index (χ3v) is 4.99. The van der Waals surface area contributed by atoms with E-state index >= 15 is 0 Å². The van der Waals surface area contributed by atoms with Gasteiger partial charge in [0.25, 0.3) is 0 Å². The third kappa shape index (κ3) is 2.54. The van der Waals surface area contributed by atoms with E-state index in [1.807, 2.05) is 12.1 Å². The smallest absolute Gasteiger partial charge is 0.150 e. The molecule has 1 saturated carbocycles. The quantitative estimate of drug-likeness (QED) is 0.568. The van der Waals surface area contributed by atoms with E-state index in [0.717, 1.165) is 23.2 Å². The number of H-pyrrole nitrogens is 1. The molecular formula is C21H19F2N. The molecule has 122 valence electrons. The van der Waals surface area contributed by atoms with Gasteiger partial charge in [0.05, 0.1) is 5.52 Å². The first kappa shape index (κ1) is 15.1.